The van der Waals surface area contributed by atoms with E-state index in [1.54, 1.807) is 12.1 Å². The van der Waals surface area contributed by atoms with Crippen molar-refractivity contribution >= 4 is 28.9 Å². The summed E-state index contributed by atoms with van der Waals surface area (Å²) in [5.74, 6) is -0.283. The van der Waals surface area contributed by atoms with Gasteiger partial charge in [0.25, 0.3) is 0 Å². The summed E-state index contributed by atoms with van der Waals surface area (Å²) in [7, 11) is 0. The van der Waals surface area contributed by atoms with Crippen molar-refractivity contribution in [2.75, 3.05) is 17.2 Å². The van der Waals surface area contributed by atoms with E-state index in [2.05, 4.69) is 10.6 Å². The number of nitrogens with one attached hydrogen (secondary N) is 2. The summed E-state index contributed by atoms with van der Waals surface area (Å²) < 4.78 is 38.9. The monoisotopic (exact) mass is 356 g/mol. The van der Waals surface area contributed by atoms with Gasteiger partial charge in [0.05, 0.1) is 5.56 Å². The number of amides is 1. The first-order valence-corrected chi connectivity index (χ1v) is 7.60. The van der Waals surface area contributed by atoms with Gasteiger partial charge in [-0.1, -0.05) is 29.3 Å². The van der Waals surface area contributed by atoms with Crippen LogP contribution in [0.2, 0.25) is 5.02 Å². The molecule has 3 nitrogen and oxygen atoms in total. The van der Waals surface area contributed by atoms with E-state index in [9.17, 15) is 18.0 Å². The van der Waals surface area contributed by atoms with Crippen LogP contribution in [-0.4, -0.2) is 12.5 Å². The lowest BCUT2D eigenvalue weighted by atomic mass is 10.1. The molecule has 0 heterocycles. The van der Waals surface area contributed by atoms with Crippen LogP contribution >= 0.6 is 11.6 Å². The molecule has 0 aliphatic carbocycles. The van der Waals surface area contributed by atoms with E-state index in [0.717, 1.165) is 11.6 Å². The highest BCUT2D eigenvalue weighted by molar-refractivity contribution is 6.30. The van der Waals surface area contributed by atoms with Crippen LogP contribution in [0.15, 0.2) is 42.5 Å². The molecule has 2 rings (SSSR count). The van der Waals surface area contributed by atoms with Crippen LogP contribution in [0.3, 0.4) is 0 Å². The summed E-state index contributed by atoms with van der Waals surface area (Å²) in [6, 6.07) is 10.7. The maximum atomic E-state index is 13.0. The smallest absolute Gasteiger partial charge is 0.384 e. The van der Waals surface area contributed by atoms with E-state index in [0.29, 0.717) is 5.69 Å². The number of carbonyl (C=O) groups is 1. The highest BCUT2D eigenvalue weighted by Crippen LogP contribution is 2.36. The predicted octanol–water partition coefficient (Wildman–Crippen LogP) is 5.11. The molecule has 128 valence electrons. The first-order valence-electron chi connectivity index (χ1n) is 7.23. The Balaban J connectivity index is 1.92. The van der Waals surface area contributed by atoms with Gasteiger partial charge in [-0.2, -0.15) is 13.2 Å². The molecule has 7 heteroatoms. The standard InChI is InChI=1S/C17H16ClF3N2O/c1-11-2-5-13(6-3-11)23-16(24)8-9-22-15-7-4-12(18)10-14(15)17(19,20)21/h2-7,10,22H,8-9H2,1H3,(H,23,24). The van der Waals surface area contributed by atoms with Crippen molar-refractivity contribution in [1.82, 2.24) is 0 Å². The Morgan fingerprint density at radius 2 is 1.79 bits per heavy atom. The van der Waals surface area contributed by atoms with Gasteiger partial charge in [0, 0.05) is 29.4 Å². The summed E-state index contributed by atoms with van der Waals surface area (Å²) in [6.45, 7) is 2.00. The number of benzene rings is 2. The van der Waals surface area contributed by atoms with Crippen LogP contribution in [0.4, 0.5) is 24.5 Å². The molecule has 0 radical (unpaired) electrons. The third-order valence-corrected chi connectivity index (χ3v) is 3.52. The second kappa shape index (κ2) is 7.57. The Kier molecular flexibility index (Phi) is 5.72. The maximum Gasteiger partial charge on any atom is 0.418 e. The summed E-state index contributed by atoms with van der Waals surface area (Å²) in [5, 5.41) is 5.33. The van der Waals surface area contributed by atoms with Gasteiger partial charge in [-0.25, -0.2) is 0 Å². The lowest BCUT2D eigenvalue weighted by molar-refractivity contribution is -0.137. The predicted molar refractivity (Wildman–Crippen MR) is 89.4 cm³/mol. The third kappa shape index (κ3) is 5.16. The third-order valence-electron chi connectivity index (χ3n) is 3.29. The zero-order chi connectivity index (χ0) is 17.7. The van der Waals surface area contributed by atoms with E-state index < -0.39 is 11.7 Å². The minimum atomic E-state index is -4.52. The van der Waals surface area contributed by atoms with E-state index in [1.165, 1.54) is 12.1 Å². The van der Waals surface area contributed by atoms with Crippen LogP contribution in [0.1, 0.15) is 17.5 Å². The highest BCUT2D eigenvalue weighted by atomic mass is 35.5. The number of aryl methyl sites for hydroxylation is 1. The van der Waals surface area contributed by atoms with Crippen LogP contribution < -0.4 is 10.6 Å². The molecule has 0 fully saturated rings. The fraction of sp³-hybridized carbons (Fsp3) is 0.235. The van der Waals surface area contributed by atoms with Gasteiger partial charge in [0.1, 0.15) is 0 Å². The quantitative estimate of drug-likeness (QED) is 0.781. The molecular formula is C17H16ClF3N2O. The summed E-state index contributed by atoms with van der Waals surface area (Å²) in [6.07, 6.45) is -4.48. The molecule has 0 unspecified atom stereocenters. The van der Waals surface area contributed by atoms with Gasteiger partial charge >= 0.3 is 6.18 Å². The second-order valence-electron chi connectivity index (χ2n) is 5.28. The van der Waals surface area contributed by atoms with Gasteiger partial charge in [-0.15, -0.1) is 0 Å². The molecule has 0 saturated carbocycles. The zero-order valence-corrected chi connectivity index (χ0v) is 13.6. The maximum absolute atomic E-state index is 13.0. The van der Waals surface area contributed by atoms with Gasteiger partial charge in [-0.3, -0.25) is 4.79 Å². The SMILES string of the molecule is Cc1ccc(NC(=O)CCNc2ccc(Cl)cc2C(F)(F)F)cc1. The van der Waals surface area contributed by atoms with Crippen molar-refractivity contribution in [1.29, 1.82) is 0 Å². The van der Waals surface area contributed by atoms with E-state index in [4.69, 9.17) is 11.6 Å². The normalized spacial score (nSPS) is 11.2. The summed E-state index contributed by atoms with van der Waals surface area (Å²) in [5.41, 5.74) is 0.758. The molecule has 0 aromatic heterocycles. The first kappa shape index (κ1) is 18.1. The Hall–Kier alpha value is -2.21. The van der Waals surface area contributed by atoms with Gasteiger partial charge in [0.15, 0.2) is 0 Å². The average Bonchev–Trinajstić information content (AvgIpc) is 2.50. The minimum absolute atomic E-state index is 0.00462. The number of carbonyl (C=O) groups excluding carboxylic acids is 1. The molecule has 0 aliphatic rings. The van der Waals surface area contributed by atoms with Crippen molar-refractivity contribution in [3.05, 3.63) is 58.6 Å². The number of rotatable bonds is 5. The van der Waals surface area contributed by atoms with Crippen molar-refractivity contribution in [3.8, 4) is 0 Å². The van der Waals surface area contributed by atoms with Crippen LogP contribution in [0, 0.1) is 6.92 Å². The summed E-state index contributed by atoms with van der Waals surface area (Å²) in [4.78, 5) is 11.8. The molecule has 24 heavy (non-hydrogen) atoms. The van der Waals surface area contributed by atoms with Crippen molar-refractivity contribution in [2.24, 2.45) is 0 Å². The first-order chi connectivity index (χ1) is 11.3. The number of hydrogen-bond donors (Lipinski definition) is 2. The van der Waals surface area contributed by atoms with Gasteiger partial charge < -0.3 is 10.6 Å². The molecule has 2 aromatic rings. The average molecular weight is 357 g/mol. The summed E-state index contributed by atoms with van der Waals surface area (Å²) >= 11 is 5.62. The number of hydrogen-bond acceptors (Lipinski definition) is 2. The zero-order valence-electron chi connectivity index (χ0n) is 12.9. The van der Waals surface area contributed by atoms with E-state index in [-0.39, 0.29) is 29.6 Å². The van der Waals surface area contributed by atoms with Crippen molar-refractivity contribution < 1.29 is 18.0 Å². The fourth-order valence-corrected chi connectivity index (χ4v) is 2.25. The Bertz CT molecular complexity index is 715. The Labute approximate surface area is 142 Å². The molecule has 0 spiro atoms. The number of alkyl halides is 3. The minimum Gasteiger partial charge on any atom is -0.384 e. The molecule has 2 N–H and O–H groups in total. The van der Waals surface area contributed by atoms with Crippen LogP contribution in [-0.2, 0) is 11.0 Å². The molecule has 1 amide bonds. The Morgan fingerprint density at radius 1 is 1.12 bits per heavy atom. The fourth-order valence-electron chi connectivity index (χ4n) is 2.08. The molecule has 2 aromatic carbocycles. The van der Waals surface area contributed by atoms with Crippen molar-refractivity contribution in [3.63, 3.8) is 0 Å². The molecular weight excluding hydrogens is 341 g/mol. The van der Waals surface area contributed by atoms with E-state index >= 15 is 0 Å². The largest absolute Gasteiger partial charge is 0.418 e. The van der Waals surface area contributed by atoms with Crippen LogP contribution in [0.5, 0.6) is 0 Å². The molecule has 0 saturated heterocycles. The topological polar surface area (TPSA) is 41.1 Å². The number of anilines is 2. The number of halogens is 4. The molecule has 0 aliphatic heterocycles. The van der Waals surface area contributed by atoms with Crippen molar-refractivity contribution in [2.45, 2.75) is 19.5 Å². The highest BCUT2D eigenvalue weighted by Gasteiger charge is 2.33. The lowest BCUT2D eigenvalue weighted by Gasteiger charge is -2.15. The molecule has 0 atom stereocenters. The second-order valence-corrected chi connectivity index (χ2v) is 5.72. The van der Waals surface area contributed by atoms with E-state index in [1.807, 2.05) is 19.1 Å². The van der Waals surface area contributed by atoms with Gasteiger partial charge in [-0.05, 0) is 37.3 Å². The Morgan fingerprint density at radius 3 is 2.42 bits per heavy atom. The molecule has 0 bridgehead atoms. The van der Waals surface area contributed by atoms with Gasteiger partial charge in [0.2, 0.25) is 5.91 Å². The van der Waals surface area contributed by atoms with Crippen LogP contribution in [0.25, 0.3) is 0 Å². The lowest BCUT2D eigenvalue weighted by Crippen LogP contribution is -2.17.